The maximum Gasteiger partial charge on any atom is 0.431 e. The number of halogens is 4. The summed E-state index contributed by atoms with van der Waals surface area (Å²) in [7, 11) is 0. The van der Waals surface area contributed by atoms with E-state index in [1.165, 1.54) is 12.1 Å². The Kier molecular flexibility index (Phi) is 3.85. The van der Waals surface area contributed by atoms with Gasteiger partial charge in [0, 0.05) is 6.07 Å². The first-order valence-electron chi connectivity index (χ1n) is 5.79. The van der Waals surface area contributed by atoms with Crippen molar-refractivity contribution in [3.05, 3.63) is 60.9 Å². The van der Waals surface area contributed by atoms with E-state index in [1.54, 1.807) is 11.9 Å². The average Bonchev–Trinajstić information content (AvgIpc) is 2.40. The van der Waals surface area contributed by atoms with Crippen LogP contribution in [0.25, 0.3) is 5.69 Å². The molecule has 5 nitrogen and oxygen atoms in total. The van der Waals surface area contributed by atoms with Crippen LogP contribution in [0.4, 0.5) is 13.2 Å². The molecule has 0 atom stereocenters. The van der Waals surface area contributed by atoms with Gasteiger partial charge in [-0.05, 0) is 24.6 Å². The third kappa shape index (κ3) is 2.76. The van der Waals surface area contributed by atoms with Crippen molar-refractivity contribution in [2.45, 2.75) is 13.1 Å². The van der Waals surface area contributed by atoms with E-state index in [0.29, 0.717) is 10.1 Å². The molecule has 0 unspecified atom stereocenters. The number of benzene rings is 1. The van der Waals surface area contributed by atoms with Crippen LogP contribution < -0.4 is 11.2 Å². The third-order valence-corrected chi connectivity index (χ3v) is 3.20. The molecule has 0 bridgehead atoms. The number of nitrogens with one attached hydrogen (secondary N) is 1. The van der Waals surface area contributed by atoms with Crippen LogP contribution in [0.5, 0.6) is 0 Å². The van der Waals surface area contributed by atoms with E-state index in [1.807, 2.05) is 6.07 Å². The predicted molar refractivity (Wildman–Crippen MR) is 72.1 cm³/mol. The second-order valence-corrected chi connectivity index (χ2v) is 4.80. The normalized spacial score (nSPS) is 11.3. The van der Waals surface area contributed by atoms with Gasteiger partial charge in [-0.3, -0.25) is 4.79 Å². The Morgan fingerprint density at radius 3 is 2.41 bits per heavy atom. The van der Waals surface area contributed by atoms with Gasteiger partial charge in [0.05, 0.1) is 22.3 Å². The maximum absolute atomic E-state index is 12.5. The molecule has 1 aromatic carbocycles. The molecule has 9 heteroatoms. The van der Waals surface area contributed by atoms with Crippen LogP contribution in [0, 0.1) is 18.3 Å². The van der Waals surface area contributed by atoms with Gasteiger partial charge in [-0.1, -0.05) is 11.6 Å². The zero-order chi connectivity index (χ0) is 16.7. The van der Waals surface area contributed by atoms with Crippen molar-refractivity contribution < 1.29 is 13.2 Å². The first-order chi connectivity index (χ1) is 10.1. The smallest absolute Gasteiger partial charge is 0.303 e. The number of aryl methyl sites for hydroxylation is 1. The van der Waals surface area contributed by atoms with Crippen molar-refractivity contribution in [1.29, 1.82) is 5.26 Å². The molecule has 114 valence electrons. The highest BCUT2D eigenvalue weighted by atomic mass is 35.5. The van der Waals surface area contributed by atoms with Crippen LogP contribution in [0.15, 0.2) is 27.8 Å². The molecule has 1 heterocycles. The number of hydrogen-bond donors (Lipinski definition) is 1. The first kappa shape index (κ1) is 15.9. The van der Waals surface area contributed by atoms with Crippen molar-refractivity contribution in [1.82, 2.24) is 9.55 Å². The summed E-state index contributed by atoms with van der Waals surface area (Å²) in [5, 5.41) is 8.77. The van der Waals surface area contributed by atoms with E-state index in [-0.39, 0.29) is 22.3 Å². The van der Waals surface area contributed by atoms with Crippen LogP contribution in [0.3, 0.4) is 0 Å². The zero-order valence-corrected chi connectivity index (χ0v) is 11.7. The summed E-state index contributed by atoms with van der Waals surface area (Å²) in [5.74, 6) is 0. The van der Waals surface area contributed by atoms with Gasteiger partial charge in [-0.2, -0.15) is 18.4 Å². The molecule has 0 spiro atoms. The summed E-state index contributed by atoms with van der Waals surface area (Å²) in [6.07, 6.45) is -4.85. The third-order valence-electron chi connectivity index (χ3n) is 2.89. The molecule has 0 aliphatic carbocycles. The van der Waals surface area contributed by atoms with Crippen LogP contribution in [-0.4, -0.2) is 9.55 Å². The predicted octanol–water partition coefficient (Wildman–Crippen LogP) is 2.38. The largest absolute Gasteiger partial charge is 0.431 e. The van der Waals surface area contributed by atoms with Gasteiger partial charge in [-0.25, -0.2) is 9.36 Å². The van der Waals surface area contributed by atoms with Gasteiger partial charge in [0.15, 0.2) is 0 Å². The minimum atomic E-state index is -4.85. The lowest BCUT2D eigenvalue weighted by atomic mass is 10.1. The number of nitrogens with zero attached hydrogens (tertiary/aromatic N) is 2. The minimum absolute atomic E-state index is 0.0989. The van der Waals surface area contributed by atoms with Gasteiger partial charge in [-0.15, -0.1) is 0 Å². The zero-order valence-electron chi connectivity index (χ0n) is 11.0. The monoisotopic (exact) mass is 329 g/mol. The molecule has 22 heavy (non-hydrogen) atoms. The van der Waals surface area contributed by atoms with E-state index in [9.17, 15) is 22.8 Å². The van der Waals surface area contributed by atoms with Crippen molar-refractivity contribution in [3.63, 3.8) is 0 Å². The van der Waals surface area contributed by atoms with Gasteiger partial charge >= 0.3 is 11.9 Å². The van der Waals surface area contributed by atoms with Crippen LogP contribution in [0.1, 0.15) is 16.8 Å². The lowest BCUT2D eigenvalue weighted by Crippen LogP contribution is -2.36. The fourth-order valence-corrected chi connectivity index (χ4v) is 2.08. The van der Waals surface area contributed by atoms with Crippen LogP contribution in [0.2, 0.25) is 5.02 Å². The Balaban J connectivity index is 2.76. The topological polar surface area (TPSA) is 78.7 Å². The number of alkyl halides is 3. The van der Waals surface area contributed by atoms with Gasteiger partial charge in [0.1, 0.15) is 5.69 Å². The minimum Gasteiger partial charge on any atom is -0.303 e. The SMILES string of the molecule is Cc1cc(-n2c(=O)cc(C(F)(F)F)[nH]c2=O)c(Cl)cc1C#N. The molecule has 0 aliphatic heterocycles. The molecule has 2 rings (SSSR count). The van der Waals surface area contributed by atoms with Crippen molar-refractivity contribution in [3.8, 4) is 11.8 Å². The number of H-pyrrole nitrogens is 1. The molecule has 0 saturated carbocycles. The molecule has 2 aromatic rings. The highest BCUT2D eigenvalue weighted by molar-refractivity contribution is 6.32. The summed E-state index contributed by atoms with van der Waals surface area (Å²) in [4.78, 5) is 25.2. The van der Waals surface area contributed by atoms with E-state index in [2.05, 4.69) is 0 Å². The average molecular weight is 330 g/mol. The molecule has 0 aliphatic rings. The Morgan fingerprint density at radius 1 is 1.27 bits per heavy atom. The molecule has 1 aromatic heterocycles. The molecule has 0 saturated heterocycles. The van der Waals surface area contributed by atoms with Crippen molar-refractivity contribution in [2.75, 3.05) is 0 Å². The second kappa shape index (κ2) is 5.35. The summed E-state index contributed by atoms with van der Waals surface area (Å²) >= 11 is 5.90. The molecular weight excluding hydrogens is 323 g/mol. The van der Waals surface area contributed by atoms with Gasteiger partial charge in [0.25, 0.3) is 5.56 Å². The molecule has 0 fully saturated rings. The van der Waals surface area contributed by atoms with Crippen molar-refractivity contribution in [2.24, 2.45) is 0 Å². The summed E-state index contributed by atoms with van der Waals surface area (Å²) in [6, 6.07) is 4.65. The van der Waals surface area contributed by atoms with E-state index in [4.69, 9.17) is 16.9 Å². The number of hydrogen-bond acceptors (Lipinski definition) is 3. The number of nitriles is 1. The Labute approximate surface area is 126 Å². The first-order valence-corrected chi connectivity index (χ1v) is 6.17. The summed E-state index contributed by atoms with van der Waals surface area (Å²) in [5.41, 5.74) is -3.34. The van der Waals surface area contributed by atoms with E-state index in [0.717, 1.165) is 0 Å². The molecule has 0 radical (unpaired) electrons. The van der Waals surface area contributed by atoms with Crippen molar-refractivity contribution >= 4 is 11.6 Å². The Hall–Kier alpha value is -2.53. The molecule has 0 amide bonds. The van der Waals surface area contributed by atoms with Gasteiger partial charge < -0.3 is 4.98 Å². The fraction of sp³-hybridized carbons (Fsp3) is 0.154. The number of aromatic amines is 1. The molecule has 1 N–H and O–H groups in total. The lowest BCUT2D eigenvalue weighted by molar-refractivity contribution is -0.141. The second-order valence-electron chi connectivity index (χ2n) is 4.39. The molecular formula is C13H7ClF3N3O2. The number of aromatic nitrogens is 2. The fourth-order valence-electron chi connectivity index (χ4n) is 1.83. The van der Waals surface area contributed by atoms with Crippen LogP contribution >= 0.6 is 11.6 Å². The highest BCUT2D eigenvalue weighted by Crippen LogP contribution is 2.26. The van der Waals surface area contributed by atoms with Gasteiger partial charge in [0.2, 0.25) is 0 Å². The Bertz CT molecular complexity index is 875. The Morgan fingerprint density at radius 2 is 1.91 bits per heavy atom. The highest BCUT2D eigenvalue weighted by Gasteiger charge is 2.33. The van der Waals surface area contributed by atoms with E-state index >= 15 is 0 Å². The number of rotatable bonds is 1. The quantitative estimate of drug-likeness (QED) is 0.872. The maximum atomic E-state index is 12.5. The standard InChI is InChI=1S/C13H7ClF3N3O2/c1-6-2-9(8(14)3-7(6)5-18)20-11(21)4-10(13(15,16)17)19-12(20)22/h2-4H,1H3,(H,19,22). The van der Waals surface area contributed by atoms with E-state index < -0.39 is 23.1 Å². The van der Waals surface area contributed by atoms with Crippen LogP contribution in [-0.2, 0) is 6.18 Å². The summed E-state index contributed by atoms with van der Waals surface area (Å²) in [6.45, 7) is 1.54. The lowest BCUT2D eigenvalue weighted by Gasteiger charge is -2.11. The summed E-state index contributed by atoms with van der Waals surface area (Å²) < 4.78 is 38.1.